The number of nitrogens with two attached hydrogens (primary N) is 1. The summed E-state index contributed by atoms with van der Waals surface area (Å²) in [6.07, 6.45) is 0. The first-order valence-electron chi connectivity index (χ1n) is 2.21. The predicted molar refractivity (Wildman–Crippen MR) is 32.6 cm³/mol. The Morgan fingerprint density at radius 3 is 2.86 bits per heavy atom. The van der Waals surface area contributed by atoms with Crippen molar-refractivity contribution in [3.05, 3.63) is 0 Å². The van der Waals surface area contributed by atoms with Crippen LogP contribution in [0.2, 0.25) is 1.41 Å². The van der Waals surface area contributed by atoms with Crippen molar-refractivity contribution in [1.82, 2.24) is 0 Å². The summed E-state index contributed by atoms with van der Waals surface area (Å²) in [6, 6.07) is -0.400. The number of thiol groups is 1. The summed E-state index contributed by atoms with van der Waals surface area (Å²) in [5.41, 5.74) is 2.08. The first-order valence-corrected chi connectivity index (χ1v) is 3.51. The van der Waals surface area contributed by atoms with Crippen molar-refractivity contribution in [3.8, 4) is 0 Å². The molecule has 0 aromatic heterocycles. The number of hydrogen-bond acceptors (Lipinski definition) is 3. The van der Waals surface area contributed by atoms with Gasteiger partial charge in [-0.2, -0.15) is 0 Å². The monoisotopic (exact) mass is 235 g/mol. The maximum absolute atomic E-state index is 10.4. The van der Waals surface area contributed by atoms with Crippen LogP contribution in [0.1, 0.15) is 0 Å². The van der Waals surface area contributed by atoms with E-state index in [1.807, 2.05) is 0 Å². The van der Waals surface area contributed by atoms with E-state index in [0.29, 0.717) is 5.75 Å². The van der Waals surface area contributed by atoms with Crippen molar-refractivity contribution in [3.63, 3.8) is 0 Å². The summed E-state index contributed by atoms with van der Waals surface area (Å²) >= 11 is 5.20. The van der Waals surface area contributed by atoms with Crippen molar-refractivity contribution in [2.24, 2.45) is 5.73 Å². The quantitative estimate of drug-likeness (QED) is 0.481. The van der Waals surface area contributed by atoms with Crippen LogP contribution in [-0.2, 0) is 4.79 Å². The standard InChI is InChI=1S/C3H6NOSTe/c4-2(1-6)3(5)7/h2,6H,1,4H2/t2-/m0/s1/i/hD. The number of carbonyl (C=O) groups excluding carboxylic acids is 1. The van der Waals surface area contributed by atoms with E-state index in [4.69, 9.17) is 1.41 Å². The summed E-state index contributed by atoms with van der Waals surface area (Å²) in [6.45, 7) is 0. The zero-order chi connectivity index (χ0) is 6.57. The second kappa shape index (κ2) is 3.73. The number of hydrogen-bond donors (Lipinski definition) is 2. The molecule has 0 fully saturated rings. The van der Waals surface area contributed by atoms with Gasteiger partial charge in [0.1, 0.15) is 0 Å². The molecule has 0 aromatic rings. The van der Waals surface area contributed by atoms with E-state index in [1.165, 1.54) is 22.3 Å². The van der Waals surface area contributed by atoms with Gasteiger partial charge in [0.15, 0.2) is 0 Å². The van der Waals surface area contributed by atoms with Crippen LogP contribution in [0.3, 0.4) is 0 Å². The Morgan fingerprint density at radius 2 is 2.86 bits per heavy atom. The Kier molecular flexibility index (Phi) is 3.15. The molecule has 7 heavy (non-hydrogen) atoms. The van der Waals surface area contributed by atoms with E-state index < -0.39 is 6.04 Å². The summed E-state index contributed by atoms with van der Waals surface area (Å²) in [4.78, 5) is 10.4. The molecule has 0 aliphatic carbocycles. The van der Waals surface area contributed by atoms with Gasteiger partial charge in [-0.25, -0.2) is 0 Å². The minimum absolute atomic E-state index is 0.0363. The van der Waals surface area contributed by atoms with Gasteiger partial charge in [-0.3, -0.25) is 0 Å². The van der Waals surface area contributed by atoms with Crippen molar-refractivity contribution < 1.29 is 6.21 Å². The second-order valence-electron chi connectivity index (χ2n) is 1.05. The average molecular weight is 233 g/mol. The molecule has 0 rings (SSSR count). The number of rotatable bonds is 3. The zero-order valence-electron chi connectivity index (χ0n) is 4.55. The molecule has 0 aliphatic rings. The molecule has 4 heteroatoms. The third kappa shape index (κ3) is 3.36. The topological polar surface area (TPSA) is 43.1 Å². The van der Waals surface area contributed by atoms with Crippen LogP contribution >= 0.6 is 12.6 Å². The molecule has 1 atom stereocenters. The van der Waals surface area contributed by atoms with Crippen molar-refractivity contribution in [2.45, 2.75) is 6.04 Å². The normalized spacial score (nSPS) is 15.3. The van der Waals surface area contributed by atoms with Gasteiger partial charge in [0.25, 0.3) is 0 Å². The van der Waals surface area contributed by atoms with Crippen LogP contribution in [-0.4, -0.2) is 37.9 Å². The molecule has 2 N–H and O–H groups in total. The Labute approximate surface area is 62.6 Å². The molecule has 0 spiro atoms. The van der Waals surface area contributed by atoms with Gasteiger partial charge in [0.2, 0.25) is 0 Å². The molecule has 0 heterocycles. The van der Waals surface area contributed by atoms with Crippen molar-refractivity contribution in [2.75, 3.05) is 5.75 Å². The van der Waals surface area contributed by atoms with Crippen LogP contribution in [0.5, 0.6) is 0 Å². The molecule has 0 unspecified atom stereocenters. The first-order chi connectivity index (χ1) is 3.72. The molecule has 1 radical (unpaired) electrons. The Morgan fingerprint density at radius 1 is 2.29 bits per heavy atom. The van der Waals surface area contributed by atoms with Crippen LogP contribution in [0.15, 0.2) is 0 Å². The van der Waals surface area contributed by atoms with Crippen LogP contribution in [0.4, 0.5) is 0 Å². The van der Waals surface area contributed by atoms with Gasteiger partial charge in [0, 0.05) is 0 Å². The van der Waals surface area contributed by atoms with E-state index in [-0.39, 0.29) is 3.83 Å². The number of carbonyl (C=O) groups is 1. The predicted octanol–water partition coefficient (Wildman–Crippen LogP) is -1.06. The van der Waals surface area contributed by atoms with Gasteiger partial charge in [-0.15, -0.1) is 0 Å². The maximum atomic E-state index is 10.4. The molecule has 41 valence electrons. The molecular formula is C3H6NOSTe. The van der Waals surface area contributed by atoms with Crippen molar-refractivity contribution in [1.29, 1.82) is 0 Å². The molecule has 0 aliphatic heterocycles. The van der Waals surface area contributed by atoms with E-state index >= 15 is 0 Å². The van der Waals surface area contributed by atoms with Crippen LogP contribution < -0.4 is 5.73 Å². The molecule has 2 nitrogen and oxygen atoms in total. The second-order valence-corrected chi connectivity index (χ2v) is 2.57. The molecule has 0 bridgehead atoms. The fourth-order valence-electron chi connectivity index (χ4n) is 0.0745. The third-order valence-electron chi connectivity index (χ3n) is 0.467. The van der Waals surface area contributed by atoms with Crippen LogP contribution in [0.25, 0.3) is 0 Å². The summed E-state index contributed by atoms with van der Waals surface area (Å²) in [7, 11) is 0. The zero-order valence-corrected chi connectivity index (χ0v) is 6.77. The minimum atomic E-state index is -0.400. The molecule has 0 amide bonds. The fourth-order valence-corrected chi connectivity index (χ4v) is 0.862. The average Bonchev–Trinajstić information content (AvgIpc) is 1.69. The SMILES string of the molecule is [2H]N[C@@H](CS)C(=O)[Te]. The Bertz CT molecular complexity index is 87.4. The summed E-state index contributed by atoms with van der Waals surface area (Å²) < 4.78 is 6.54. The van der Waals surface area contributed by atoms with E-state index in [9.17, 15) is 4.79 Å². The summed E-state index contributed by atoms with van der Waals surface area (Å²) in [5.74, 6) is 0.390. The third-order valence-corrected chi connectivity index (χ3v) is 1.64. The molecule has 0 saturated heterocycles. The molecule has 0 aromatic carbocycles. The first kappa shape index (κ1) is 5.90. The fraction of sp³-hybridized carbons (Fsp3) is 0.667. The van der Waals surface area contributed by atoms with E-state index in [2.05, 4.69) is 18.4 Å². The molecular weight excluding hydrogens is 226 g/mol. The van der Waals surface area contributed by atoms with Gasteiger partial charge < -0.3 is 0 Å². The van der Waals surface area contributed by atoms with Gasteiger partial charge in [0.05, 0.1) is 0 Å². The Balaban J connectivity index is 3.52. The summed E-state index contributed by atoms with van der Waals surface area (Å²) in [5, 5.41) is 0. The van der Waals surface area contributed by atoms with Crippen LogP contribution in [0, 0.1) is 0 Å². The van der Waals surface area contributed by atoms with E-state index in [0.717, 1.165) is 0 Å². The van der Waals surface area contributed by atoms with E-state index in [1.54, 1.807) is 0 Å². The van der Waals surface area contributed by atoms with Gasteiger partial charge in [-0.1, -0.05) is 0 Å². The van der Waals surface area contributed by atoms with Crippen molar-refractivity contribution >= 4 is 38.8 Å². The Hall–Kier alpha value is 0.770. The van der Waals surface area contributed by atoms with Gasteiger partial charge in [-0.05, 0) is 0 Å². The van der Waals surface area contributed by atoms with Gasteiger partial charge >= 0.3 is 62.5 Å². The molecule has 0 saturated carbocycles.